The molecule has 106 valence electrons. The molecular weight excluding hydrogens is 278 g/mol. The molecule has 1 aliphatic heterocycles. The highest BCUT2D eigenvalue weighted by Gasteiger charge is 2.26. The Hall–Kier alpha value is -0.790. The first-order chi connectivity index (χ1) is 9.11. The van der Waals surface area contributed by atoms with Gasteiger partial charge in [0.2, 0.25) is 5.13 Å². The van der Waals surface area contributed by atoms with Crippen molar-refractivity contribution in [2.45, 2.75) is 32.7 Å². The fourth-order valence-corrected chi connectivity index (χ4v) is 3.42. The fourth-order valence-electron chi connectivity index (χ4n) is 2.42. The van der Waals surface area contributed by atoms with Crippen LogP contribution < -0.4 is 10.6 Å². The van der Waals surface area contributed by atoms with Gasteiger partial charge in [-0.1, -0.05) is 36.9 Å². The molecule has 7 heteroatoms. The number of piperazine rings is 1. The van der Waals surface area contributed by atoms with Crippen LogP contribution in [-0.2, 0) is 0 Å². The van der Waals surface area contributed by atoms with Crippen LogP contribution in [0, 0.1) is 6.92 Å². The molecule has 0 radical (unpaired) electrons. The van der Waals surface area contributed by atoms with E-state index in [0.29, 0.717) is 4.99 Å². The minimum Gasteiger partial charge on any atom is -0.392 e. The number of rotatable bonds is 5. The molecule has 0 bridgehead atoms. The zero-order valence-corrected chi connectivity index (χ0v) is 13.1. The summed E-state index contributed by atoms with van der Waals surface area (Å²) < 4.78 is 0. The summed E-state index contributed by atoms with van der Waals surface area (Å²) in [7, 11) is 0. The van der Waals surface area contributed by atoms with Crippen LogP contribution in [0.4, 0.5) is 5.13 Å². The van der Waals surface area contributed by atoms with Gasteiger partial charge in [-0.3, -0.25) is 4.90 Å². The van der Waals surface area contributed by atoms with Crippen molar-refractivity contribution in [3.63, 3.8) is 0 Å². The van der Waals surface area contributed by atoms with E-state index < -0.39 is 0 Å². The number of nitrogens with two attached hydrogens (primary N) is 1. The highest BCUT2D eigenvalue weighted by molar-refractivity contribution is 7.80. The molecule has 1 aromatic rings. The lowest BCUT2D eigenvalue weighted by molar-refractivity contribution is 0.219. The zero-order valence-electron chi connectivity index (χ0n) is 11.5. The van der Waals surface area contributed by atoms with E-state index in [1.165, 1.54) is 0 Å². The zero-order chi connectivity index (χ0) is 13.8. The third-order valence-electron chi connectivity index (χ3n) is 3.43. The fraction of sp³-hybridized carbons (Fsp3) is 0.750. The summed E-state index contributed by atoms with van der Waals surface area (Å²) in [5.41, 5.74) is 5.86. The van der Waals surface area contributed by atoms with E-state index in [1.54, 1.807) is 11.3 Å². The SMILES string of the molecule is CCCC(C(N)=S)N1CCN(c2nnc(C)s2)CC1. The van der Waals surface area contributed by atoms with E-state index in [9.17, 15) is 0 Å². The number of aromatic nitrogens is 2. The molecule has 2 rings (SSSR count). The first kappa shape index (κ1) is 14.6. The van der Waals surface area contributed by atoms with Gasteiger partial charge in [-0.05, 0) is 13.3 Å². The average molecular weight is 299 g/mol. The van der Waals surface area contributed by atoms with E-state index in [-0.39, 0.29) is 6.04 Å². The van der Waals surface area contributed by atoms with Gasteiger partial charge in [-0.15, -0.1) is 10.2 Å². The molecule has 0 spiro atoms. The van der Waals surface area contributed by atoms with E-state index in [0.717, 1.165) is 49.2 Å². The second-order valence-electron chi connectivity index (χ2n) is 4.83. The van der Waals surface area contributed by atoms with Crippen LogP contribution in [0.2, 0.25) is 0 Å². The second-order valence-corrected chi connectivity index (χ2v) is 6.47. The van der Waals surface area contributed by atoms with Crippen LogP contribution in [0.5, 0.6) is 0 Å². The number of thiocarbonyl (C=S) groups is 1. The van der Waals surface area contributed by atoms with Crippen molar-refractivity contribution in [3.8, 4) is 0 Å². The third-order valence-corrected chi connectivity index (χ3v) is 4.60. The first-order valence-electron chi connectivity index (χ1n) is 6.70. The maximum atomic E-state index is 5.86. The van der Waals surface area contributed by atoms with Gasteiger partial charge in [0.25, 0.3) is 0 Å². The summed E-state index contributed by atoms with van der Waals surface area (Å²) in [5.74, 6) is 0. The lowest BCUT2D eigenvalue weighted by Crippen LogP contribution is -2.53. The van der Waals surface area contributed by atoms with Crippen molar-refractivity contribution in [1.82, 2.24) is 15.1 Å². The molecule has 1 fully saturated rings. The number of nitrogens with zero attached hydrogens (tertiary/aromatic N) is 4. The molecule has 1 atom stereocenters. The van der Waals surface area contributed by atoms with Crippen LogP contribution in [0.1, 0.15) is 24.8 Å². The van der Waals surface area contributed by atoms with Crippen molar-refractivity contribution >= 4 is 33.7 Å². The van der Waals surface area contributed by atoms with Crippen LogP contribution in [-0.4, -0.2) is 52.3 Å². The molecule has 5 nitrogen and oxygen atoms in total. The van der Waals surface area contributed by atoms with E-state index in [1.807, 2.05) is 6.92 Å². The number of hydrogen-bond donors (Lipinski definition) is 1. The molecule has 1 unspecified atom stereocenters. The summed E-state index contributed by atoms with van der Waals surface area (Å²) in [6, 6.07) is 0.248. The Kier molecular flexibility index (Phi) is 5.06. The van der Waals surface area contributed by atoms with Gasteiger partial charge in [0.05, 0.1) is 11.0 Å². The van der Waals surface area contributed by atoms with Gasteiger partial charge in [0.15, 0.2) is 0 Å². The first-order valence-corrected chi connectivity index (χ1v) is 7.92. The highest BCUT2D eigenvalue weighted by atomic mass is 32.1. The monoisotopic (exact) mass is 299 g/mol. The average Bonchev–Trinajstić information content (AvgIpc) is 2.82. The smallest absolute Gasteiger partial charge is 0.208 e. The Morgan fingerprint density at radius 2 is 2.05 bits per heavy atom. The second kappa shape index (κ2) is 6.58. The Labute approximate surface area is 123 Å². The lowest BCUT2D eigenvalue weighted by Gasteiger charge is -2.38. The molecular formula is C12H21N5S2. The van der Waals surface area contributed by atoms with Crippen molar-refractivity contribution < 1.29 is 0 Å². The minimum atomic E-state index is 0.248. The molecule has 0 aliphatic carbocycles. The largest absolute Gasteiger partial charge is 0.392 e. The van der Waals surface area contributed by atoms with Crippen LogP contribution >= 0.6 is 23.6 Å². The number of hydrogen-bond acceptors (Lipinski definition) is 6. The topological polar surface area (TPSA) is 58.3 Å². The van der Waals surface area contributed by atoms with Crippen molar-refractivity contribution in [3.05, 3.63) is 5.01 Å². The molecule has 2 N–H and O–H groups in total. The third kappa shape index (κ3) is 3.61. The molecule has 0 amide bonds. The minimum absolute atomic E-state index is 0.248. The highest BCUT2D eigenvalue weighted by Crippen LogP contribution is 2.22. The van der Waals surface area contributed by atoms with Crippen molar-refractivity contribution in [1.29, 1.82) is 0 Å². The van der Waals surface area contributed by atoms with E-state index >= 15 is 0 Å². The molecule has 19 heavy (non-hydrogen) atoms. The van der Waals surface area contributed by atoms with Crippen LogP contribution in [0.15, 0.2) is 0 Å². The predicted molar refractivity (Wildman–Crippen MR) is 83.9 cm³/mol. The summed E-state index contributed by atoms with van der Waals surface area (Å²) >= 11 is 6.85. The lowest BCUT2D eigenvalue weighted by atomic mass is 10.1. The molecule has 1 aromatic heterocycles. The molecule has 0 aromatic carbocycles. The van der Waals surface area contributed by atoms with Gasteiger partial charge in [-0.25, -0.2) is 0 Å². The molecule has 2 heterocycles. The number of aryl methyl sites for hydroxylation is 1. The van der Waals surface area contributed by atoms with Crippen LogP contribution in [0.25, 0.3) is 0 Å². The Bertz CT molecular complexity index is 426. The van der Waals surface area contributed by atoms with Gasteiger partial charge >= 0.3 is 0 Å². The maximum absolute atomic E-state index is 5.86. The molecule has 1 saturated heterocycles. The Morgan fingerprint density at radius 1 is 1.37 bits per heavy atom. The molecule has 0 saturated carbocycles. The van der Waals surface area contributed by atoms with E-state index in [4.69, 9.17) is 18.0 Å². The summed E-state index contributed by atoms with van der Waals surface area (Å²) in [4.78, 5) is 5.32. The number of anilines is 1. The predicted octanol–water partition coefficient (Wildman–Crippen LogP) is 1.42. The standard InChI is InChI=1S/C12H21N5S2/c1-3-4-10(11(13)18)16-5-7-17(8-6-16)12-15-14-9(2)19-12/h10H,3-8H2,1-2H3,(H2,13,18). The molecule has 1 aliphatic rings. The van der Waals surface area contributed by atoms with Gasteiger partial charge in [0, 0.05) is 26.2 Å². The summed E-state index contributed by atoms with van der Waals surface area (Å²) in [5, 5.41) is 10.3. The van der Waals surface area contributed by atoms with Gasteiger partial charge in [-0.2, -0.15) is 0 Å². The van der Waals surface area contributed by atoms with Gasteiger partial charge < -0.3 is 10.6 Å². The summed E-state index contributed by atoms with van der Waals surface area (Å²) in [6.45, 7) is 8.07. The quantitative estimate of drug-likeness (QED) is 0.830. The van der Waals surface area contributed by atoms with E-state index in [2.05, 4.69) is 26.9 Å². The maximum Gasteiger partial charge on any atom is 0.208 e. The van der Waals surface area contributed by atoms with Gasteiger partial charge in [0.1, 0.15) is 5.01 Å². The Balaban J connectivity index is 1.92. The van der Waals surface area contributed by atoms with Crippen molar-refractivity contribution in [2.24, 2.45) is 5.73 Å². The van der Waals surface area contributed by atoms with Crippen LogP contribution in [0.3, 0.4) is 0 Å². The normalized spacial score (nSPS) is 18.5. The van der Waals surface area contributed by atoms with Crippen molar-refractivity contribution in [2.75, 3.05) is 31.1 Å². The summed E-state index contributed by atoms with van der Waals surface area (Å²) in [6.07, 6.45) is 2.16. The Morgan fingerprint density at radius 3 is 2.53 bits per heavy atom.